The summed E-state index contributed by atoms with van der Waals surface area (Å²) in [4.78, 5) is 39.7. The predicted octanol–water partition coefficient (Wildman–Crippen LogP) is 24.4. The van der Waals surface area contributed by atoms with Crippen LogP contribution >= 0.6 is 0 Å². The number of hydrogen-bond donors (Lipinski definition) is 4. The molecule has 0 fully saturated rings. The van der Waals surface area contributed by atoms with E-state index in [1.165, 1.54) is 44.5 Å². The fraction of sp³-hybridized carbons (Fsp3) is 0.304. The molecule has 11 aromatic rings. The molecule has 7 aromatic heterocycles. The zero-order chi connectivity index (χ0) is 73.9. The fourth-order valence-electron chi connectivity index (χ4n) is 18.0. The van der Waals surface area contributed by atoms with Crippen LogP contribution in [0.5, 0.6) is 23.0 Å². The molecule has 0 atom stereocenters. The van der Waals surface area contributed by atoms with Gasteiger partial charge in [-0.3, -0.25) is 0 Å². The van der Waals surface area contributed by atoms with Gasteiger partial charge >= 0.3 is 0 Å². The minimum absolute atomic E-state index is 0.705. The Hall–Kier alpha value is -10.9. The molecule has 0 spiro atoms. The van der Waals surface area contributed by atoms with E-state index >= 15 is 0 Å². The number of furan rings is 1. The number of nitrogens with zero attached hydrogens (tertiary/aromatic N) is 4. The van der Waals surface area contributed by atoms with Crippen molar-refractivity contribution in [3.63, 3.8) is 0 Å². The van der Waals surface area contributed by atoms with Crippen LogP contribution in [0.15, 0.2) is 101 Å². The van der Waals surface area contributed by atoms with Gasteiger partial charge < -0.3 is 43.3 Å². The van der Waals surface area contributed by atoms with E-state index in [0.717, 1.165) is 252 Å². The van der Waals surface area contributed by atoms with E-state index < -0.39 is 0 Å². The van der Waals surface area contributed by atoms with E-state index in [9.17, 15) is 0 Å². The third kappa shape index (κ3) is 10.7. The van der Waals surface area contributed by atoms with Crippen molar-refractivity contribution in [1.29, 1.82) is 0 Å². The van der Waals surface area contributed by atoms with Crippen molar-refractivity contribution in [2.75, 3.05) is 28.4 Å². The molecule has 13 nitrogen and oxygen atoms in total. The van der Waals surface area contributed by atoms with Crippen molar-refractivity contribution in [2.24, 2.45) is 0 Å². The summed E-state index contributed by atoms with van der Waals surface area (Å²) < 4.78 is 32.8. The Balaban J connectivity index is 1.07. The molecule has 4 aliphatic heterocycles. The van der Waals surface area contributed by atoms with Gasteiger partial charge in [0.25, 0.3) is 0 Å². The zero-order valence-electron chi connectivity index (χ0n) is 64.7. The lowest BCUT2D eigenvalue weighted by Crippen LogP contribution is -1.97. The lowest BCUT2D eigenvalue weighted by molar-refractivity contribution is 0.397. The average Bonchev–Trinajstić information content (AvgIpc) is 1.58. The number of aromatic amines is 4. The molecular weight excluding hydrogens is 1300 g/mol. The minimum Gasteiger partial charge on any atom is -0.496 e. The Morgan fingerprint density at radius 2 is 0.552 bits per heavy atom. The van der Waals surface area contributed by atoms with Crippen molar-refractivity contribution in [1.82, 2.24) is 39.9 Å². The quantitative estimate of drug-likeness (QED) is 0.0737. The van der Waals surface area contributed by atoms with Gasteiger partial charge in [-0.15, -0.1) is 0 Å². The molecule has 0 saturated heterocycles. The number of fused-ring (bicyclic) bond motifs is 19. The number of H-pyrrole nitrogens is 4. The van der Waals surface area contributed by atoms with Crippen LogP contribution in [0.4, 0.5) is 0 Å². The maximum absolute atomic E-state index is 7.86. The van der Waals surface area contributed by atoms with E-state index in [0.29, 0.717) is 23.0 Å². The van der Waals surface area contributed by atoms with Crippen molar-refractivity contribution in [3.8, 4) is 67.5 Å². The Labute approximate surface area is 615 Å². The monoisotopic (exact) mass is 1390 g/mol. The van der Waals surface area contributed by atoms with Crippen molar-refractivity contribution < 1.29 is 23.4 Å². The first-order valence-electron chi connectivity index (χ1n) is 37.7. The largest absolute Gasteiger partial charge is 0.496 e. The first kappa shape index (κ1) is 69.8. The van der Waals surface area contributed by atoms with E-state index in [4.69, 9.17) is 43.3 Å². The normalized spacial score (nSPS) is 13.3. The summed E-state index contributed by atoms with van der Waals surface area (Å²) in [6.07, 6.45) is 6.20. The number of nitrogens with one attached hydrogen (secondary N) is 4. The van der Waals surface area contributed by atoms with Gasteiger partial charge in [0.05, 0.1) is 107 Å². The SMILES string of the molecule is CCC1=C(C)c2nc1cc1[nH]c(c(C)c1CC)c(-c1cccc3c1oc1c(-c4c5nc(cc6[nH]c(c(C)c6CC)c(-c6c(OC)cccc6OC)c6nc(cc7[nH]c4c(C)c7CC)C(CC)=C6C)C(CC)=C5C)cccc13)c1nc(cc3[nH]c(c(C)c3CC)c2-c2c(OC)cccc2OC)C(CC)=C1C. The first-order valence-corrected chi connectivity index (χ1v) is 37.7. The summed E-state index contributed by atoms with van der Waals surface area (Å²) in [5.41, 5.74) is 42.7. The minimum atomic E-state index is 0.705. The number of allylic oxidation sites excluding steroid dienone is 8. The Morgan fingerprint density at radius 1 is 0.305 bits per heavy atom. The summed E-state index contributed by atoms with van der Waals surface area (Å²) in [7, 11) is 6.92. The highest BCUT2D eigenvalue weighted by molar-refractivity contribution is 6.17. The molecule has 0 saturated carbocycles. The topological polar surface area (TPSA) is 165 Å². The van der Waals surface area contributed by atoms with Crippen molar-refractivity contribution >= 4 is 111 Å². The van der Waals surface area contributed by atoms with Gasteiger partial charge in [0.1, 0.15) is 34.2 Å². The number of methoxy groups -OCH3 is 4. The van der Waals surface area contributed by atoms with Crippen LogP contribution in [-0.2, 0) is 25.7 Å². The van der Waals surface area contributed by atoms with Gasteiger partial charge in [-0.25, -0.2) is 19.9 Å². The summed E-state index contributed by atoms with van der Waals surface area (Å²) in [5, 5.41) is 2.01. The van der Waals surface area contributed by atoms with E-state index in [-0.39, 0.29) is 0 Å². The molecule has 534 valence electrons. The van der Waals surface area contributed by atoms with E-state index in [1.807, 2.05) is 36.4 Å². The van der Waals surface area contributed by atoms with Crippen molar-refractivity contribution in [2.45, 2.75) is 162 Å². The third-order valence-corrected chi connectivity index (χ3v) is 23.4. The number of ether oxygens (including phenoxy) is 4. The van der Waals surface area contributed by atoms with Crippen LogP contribution in [0.2, 0.25) is 0 Å². The molecule has 16 bridgehead atoms. The molecular formula is C92H96N8O5. The maximum atomic E-state index is 7.86. The lowest BCUT2D eigenvalue weighted by atomic mass is 9.93. The zero-order valence-corrected chi connectivity index (χ0v) is 64.7. The van der Waals surface area contributed by atoms with E-state index in [2.05, 4.69) is 191 Å². The molecule has 13 heteroatoms. The van der Waals surface area contributed by atoms with Gasteiger partial charge in [-0.1, -0.05) is 104 Å². The standard InChI is InChI=1S/C92H96N8O5/c1-21-53-45(9)83-77(84-46(10)54(22-2)66(94-84)42-70-58(26-6)50(14)88(98-70)81(79-73(101-17)37-31-38-74(79)102-18)87-49(13)57(25-5)69(97-87)41-65(53)93-83)63-35-29-33-61-62-34-30-36-64(92(62)105-91(61)63)78-85-47(11)55(23-3)67(95-85)43-71-59(27-7)51(15)89(99-71)82(80-75(103-19)39-32-40-76(80)104-20)90-52(16)60(28-8)72(100-90)44-68-56(24-4)48(12)86(78)96-68/h29-44,93,95,98,100H,21-28H2,1-20H3. The number of rotatable bonds is 16. The number of aromatic nitrogens is 8. The summed E-state index contributed by atoms with van der Waals surface area (Å²) in [6, 6.07) is 34.5. The summed E-state index contributed by atoms with van der Waals surface area (Å²) in [6.45, 7) is 35.9. The highest BCUT2D eigenvalue weighted by Gasteiger charge is 2.33. The predicted molar refractivity (Wildman–Crippen MR) is 438 cm³/mol. The molecule has 105 heavy (non-hydrogen) atoms. The van der Waals surface area contributed by atoms with Crippen LogP contribution in [0, 0.1) is 27.7 Å². The second kappa shape index (κ2) is 27.3. The Kier molecular flexibility index (Phi) is 18.1. The number of aryl methyl sites for hydroxylation is 8. The van der Waals surface area contributed by atoms with E-state index in [1.54, 1.807) is 28.4 Å². The highest BCUT2D eigenvalue weighted by atomic mass is 16.5. The molecule has 4 aromatic carbocycles. The number of hydrogen-bond acceptors (Lipinski definition) is 9. The van der Waals surface area contributed by atoms with Gasteiger partial charge in [0.2, 0.25) is 0 Å². The molecule has 0 unspecified atom stereocenters. The first-order chi connectivity index (χ1) is 50.9. The van der Waals surface area contributed by atoms with Gasteiger partial charge in [0.15, 0.2) is 0 Å². The fourth-order valence-corrected chi connectivity index (χ4v) is 18.0. The molecule has 4 N–H and O–H groups in total. The highest BCUT2D eigenvalue weighted by Crippen LogP contribution is 2.53. The van der Waals surface area contributed by atoms with Gasteiger partial charge in [-0.2, -0.15) is 0 Å². The smallest absolute Gasteiger partial charge is 0.143 e. The summed E-state index contributed by atoms with van der Waals surface area (Å²) in [5.74, 6) is 2.82. The van der Waals surface area contributed by atoms with Crippen LogP contribution in [-0.4, -0.2) is 68.3 Å². The molecule has 0 amide bonds. The number of benzene rings is 4. The van der Waals surface area contributed by atoms with Gasteiger partial charge in [0, 0.05) is 66.2 Å². The third-order valence-electron chi connectivity index (χ3n) is 23.4. The van der Waals surface area contributed by atoms with Gasteiger partial charge in [-0.05, 0) is 244 Å². The second-order valence-corrected chi connectivity index (χ2v) is 28.3. The second-order valence-electron chi connectivity index (χ2n) is 28.3. The van der Waals surface area contributed by atoms with Crippen LogP contribution in [0.25, 0.3) is 155 Å². The lowest BCUT2D eigenvalue weighted by Gasteiger charge is -2.15. The molecule has 0 radical (unpaired) electrons. The molecule has 0 aliphatic carbocycles. The van der Waals surface area contributed by atoms with Crippen LogP contribution in [0.1, 0.15) is 199 Å². The summed E-state index contributed by atoms with van der Waals surface area (Å²) >= 11 is 0. The van der Waals surface area contributed by atoms with Crippen molar-refractivity contribution in [3.05, 3.63) is 187 Å². The van der Waals surface area contributed by atoms with Crippen LogP contribution < -0.4 is 18.9 Å². The number of para-hydroxylation sites is 2. The van der Waals surface area contributed by atoms with Crippen LogP contribution in [0.3, 0.4) is 0 Å². The maximum Gasteiger partial charge on any atom is 0.143 e. The molecule has 11 heterocycles. The Bertz CT molecular complexity index is 5630. The Morgan fingerprint density at radius 3 is 0.800 bits per heavy atom. The molecule has 15 rings (SSSR count). The average molecular weight is 1390 g/mol. The molecule has 4 aliphatic rings.